The number of nitrogens with zero attached hydrogens (tertiary/aromatic N) is 1. The lowest BCUT2D eigenvalue weighted by Crippen LogP contribution is -2.43. The molecule has 2 aliphatic rings. The molecule has 1 amide bonds. The molecule has 2 aromatic carbocycles. The fourth-order valence-electron chi connectivity index (χ4n) is 4.42. The second-order valence-corrected chi connectivity index (χ2v) is 7.84. The molecular weight excluding hydrogens is 334 g/mol. The molecule has 0 aromatic heterocycles. The van der Waals surface area contributed by atoms with Crippen LogP contribution < -0.4 is 10.6 Å². The maximum atomic E-state index is 11.2. The van der Waals surface area contributed by atoms with Crippen LogP contribution in [0.15, 0.2) is 53.5 Å². The van der Waals surface area contributed by atoms with Gasteiger partial charge < -0.3 is 10.6 Å². The molecule has 0 atom stereocenters. The van der Waals surface area contributed by atoms with E-state index in [9.17, 15) is 4.79 Å². The number of benzene rings is 2. The molecule has 2 N–H and O–H groups in total. The zero-order valence-corrected chi connectivity index (χ0v) is 15.9. The van der Waals surface area contributed by atoms with Crippen LogP contribution in [0.3, 0.4) is 0 Å². The number of carbonyl (C=O) groups is 1. The molecule has 0 unspecified atom stereocenters. The Morgan fingerprint density at radius 1 is 1.07 bits per heavy atom. The van der Waals surface area contributed by atoms with Crippen molar-refractivity contribution in [1.82, 2.24) is 0 Å². The molecule has 0 bridgehead atoms. The summed E-state index contributed by atoms with van der Waals surface area (Å²) in [5.74, 6) is 1.11. The summed E-state index contributed by atoms with van der Waals surface area (Å²) >= 11 is 0. The van der Waals surface area contributed by atoms with Gasteiger partial charge in [0.15, 0.2) is 0 Å². The summed E-state index contributed by atoms with van der Waals surface area (Å²) < 4.78 is 0. The van der Waals surface area contributed by atoms with Crippen molar-refractivity contribution in [2.24, 2.45) is 10.4 Å². The zero-order valence-electron chi connectivity index (χ0n) is 15.9. The van der Waals surface area contributed by atoms with Crippen LogP contribution in [0.25, 0.3) is 0 Å². The Balaban J connectivity index is 1.57. The molecular formula is C23H27N3O. The van der Waals surface area contributed by atoms with Crippen molar-refractivity contribution in [3.05, 3.63) is 59.7 Å². The van der Waals surface area contributed by atoms with Crippen LogP contribution in [-0.4, -0.2) is 11.7 Å². The second-order valence-electron chi connectivity index (χ2n) is 7.84. The van der Waals surface area contributed by atoms with E-state index >= 15 is 0 Å². The monoisotopic (exact) mass is 361 g/mol. The molecule has 1 heterocycles. The summed E-state index contributed by atoms with van der Waals surface area (Å²) in [6, 6.07) is 16.6. The topological polar surface area (TPSA) is 53.5 Å². The minimum atomic E-state index is -0.0488. The van der Waals surface area contributed by atoms with Crippen LogP contribution in [0, 0.1) is 5.41 Å². The summed E-state index contributed by atoms with van der Waals surface area (Å²) in [4.78, 5) is 16.2. The van der Waals surface area contributed by atoms with Crippen LogP contribution in [0.2, 0.25) is 0 Å². The van der Waals surface area contributed by atoms with Gasteiger partial charge in [0.1, 0.15) is 5.84 Å². The van der Waals surface area contributed by atoms with Crippen molar-refractivity contribution < 1.29 is 4.79 Å². The Hall–Kier alpha value is -2.62. The van der Waals surface area contributed by atoms with Gasteiger partial charge >= 0.3 is 0 Å². The number of aliphatic imine (C=N–C) groups is 1. The summed E-state index contributed by atoms with van der Waals surface area (Å²) in [5.41, 5.74) is 4.77. The molecule has 1 aliphatic carbocycles. The van der Waals surface area contributed by atoms with Crippen molar-refractivity contribution in [2.75, 3.05) is 10.6 Å². The quantitative estimate of drug-likeness (QED) is 0.793. The van der Waals surface area contributed by atoms with Gasteiger partial charge in [0.25, 0.3) is 0 Å². The number of carbonyl (C=O) groups excluding carboxylic acids is 1. The number of hydrogen-bond donors (Lipinski definition) is 2. The first-order valence-electron chi connectivity index (χ1n) is 9.91. The van der Waals surface area contributed by atoms with E-state index < -0.39 is 0 Å². The van der Waals surface area contributed by atoms with E-state index in [1.54, 1.807) is 0 Å². The smallest absolute Gasteiger partial charge is 0.221 e. The Morgan fingerprint density at radius 2 is 1.81 bits per heavy atom. The summed E-state index contributed by atoms with van der Waals surface area (Å²) in [7, 11) is 0. The SMILES string of the molecule is CC(=O)Nc1ccc(CN=C2Nc3ccccc3CC23CCCCC3)cc1. The average molecular weight is 361 g/mol. The molecule has 4 rings (SSSR count). The van der Waals surface area contributed by atoms with E-state index in [0.29, 0.717) is 6.54 Å². The molecule has 1 fully saturated rings. The summed E-state index contributed by atoms with van der Waals surface area (Å²) in [6.07, 6.45) is 7.43. The Bertz CT molecular complexity index is 848. The molecule has 1 saturated carbocycles. The van der Waals surface area contributed by atoms with E-state index in [1.807, 2.05) is 24.3 Å². The molecule has 27 heavy (non-hydrogen) atoms. The average Bonchev–Trinajstić information content (AvgIpc) is 2.68. The highest BCUT2D eigenvalue weighted by Crippen LogP contribution is 2.45. The van der Waals surface area contributed by atoms with Gasteiger partial charge in [0.2, 0.25) is 5.91 Å². The van der Waals surface area contributed by atoms with E-state index in [1.165, 1.54) is 50.3 Å². The molecule has 1 aliphatic heterocycles. The predicted molar refractivity (Wildman–Crippen MR) is 111 cm³/mol. The third kappa shape index (κ3) is 3.90. The molecule has 0 saturated heterocycles. The van der Waals surface area contributed by atoms with Crippen molar-refractivity contribution in [2.45, 2.75) is 52.0 Å². The van der Waals surface area contributed by atoms with Crippen LogP contribution in [0.1, 0.15) is 50.2 Å². The Kier molecular flexibility index (Phi) is 4.97. The number of rotatable bonds is 3. The van der Waals surface area contributed by atoms with E-state index in [0.717, 1.165) is 23.5 Å². The minimum Gasteiger partial charge on any atom is -0.343 e. The Morgan fingerprint density at radius 3 is 2.56 bits per heavy atom. The highest BCUT2D eigenvalue weighted by atomic mass is 16.1. The highest BCUT2D eigenvalue weighted by Gasteiger charge is 2.40. The fourth-order valence-corrected chi connectivity index (χ4v) is 4.42. The van der Waals surface area contributed by atoms with Gasteiger partial charge in [-0.15, -0.1) is 0 Å². The Labute approximate surface area is 161 Å². The fraction of sp³-hybridized carbons (Fsp3) is 0.391. The first-order chi connectivity index (χ1) is 13.1. The lowest BCUT2D eigenvalue weighted by Gasteiger charge is -2.42. The lowest BCUT2D eigenvalue weighted by molar-refractivity contribution is -0.114. The normalized spacial score (nSPS) is 19.4. The number of amides is 1. The number of amidine groups is 1. The van der Waals surface area contributed by atoms with Gasteiger partial charge in [-0.2, -0.15) is 0 Å². The van der Waals surface area contributed by atoms with Gasteiger partial charge in [0, 0.05) is 23.7 Å². The first kappa shape index (κ1) is 17.8. The number of anilines is 2. The molecule has 1 spiro atoms. The van der Waals surface area contributed by atoms with Gasteiger partial charge in [-0.25, -0.2) is 0 Å². The number of hydrogen-bond acceptors (Lipinski definition) is 2. The third-order valence-electron chi connectivity index (χ3n) is 5.81. The van der Waals surface area contributed by atoms with Crippen molar-refractivity contribution in [3.63, 3.8) is 0 Å². The van der Waals surface area contributed by atoms with Crippen LogP contribution in [0.4, 0.5) is 11.4 Å². The highest BCUT2D eigenvalue weighted by molar-refractivity contribution is 6.02. The van der Waals surface area contributed by atoms with Crippen molar-refractivity contribution >= 4 is 23.1 Å². The first-order valence-corrected chi connectivity index (χ1v) is 9.91. The van der Waals surface area contributed by atoms with E-state index in [2.05, 4.69) is 34.9 Å². The van der Waals surface area contributed by atoms with Gasteiger partial charge in [0.05, 0.1) is 6.54 Å². The minimum absolute atomic E-state index is 0.0488. The van der Waals surface area contributed by atoms with E-state index in [-0.39, 0.29) is 11.3 Å². The van der Waals surface area contributed by atoms with Gasteiger partial charge in [-0.05, 0) is 48.6 Å². The standard InChI is InChI=1S/C23H27N3O/c1-17(27)25-20-11-9-18(10-12-20)16-24-22-23(13-5-2-6-14-23)15-19-7-3-4-8-21(19)26-22/h3-4,7-12H,2,5-6,13-16H2,1H3,(H,24,26)(H,25,27). The van der Waals surface area contributed by atoms with Crippen molar-refractivity contribution in [3.8, 4) is 0 Å². The summed E-state index contributed by atoms with van der Waals surface area (Å²) in [5, 5.41) is 6.47. The number of fused-ring (bicyclic) bond motifs is 1. The number of para-hydroxylation sites is 1. The summed E-state index contributed by atoms with van der Waals surface area (Å²) in [6.45, 7) is 2.18. The molecule has 0 radical (unpaired) electrons. The zero-order chi connectivity index (χ0) is 18.7. The number of nitrogens with one attached hydrogen (secondary N) is 2. The molecule has 4 nitrogen and oxygen atoms in total. The van der Waals surface area contributed by atoms with Crippen LogP contribution in [0.5, 0.6) is 0 Å². The molecule has 140 valence electrons. The third-order valence-corrected chi connectivity index (χ3v) is 5.81. The van der Waals surface area contributed by atoms with Crippen LogP contribution >= 0.6 is 0 Å². The second kappa shape index (κ2) is 7.55. The van der Waals surface area contributed by atoms with Crippen LogP contribution in [-0.2, 0) is 17.8 Å². The molecule has 2 aromatic rings. The largest absolute Gasteiger partial charge is 0.343 e. The maximum Gasteiger partial charge on any atom is 0.221 e. The van der Waals surface area contributed by atoms with Gasteiger partial charge in [-0.3, -0.25) is 9.79 Å². The predicted octanol–water partition coefficient (Wildman–Crippen LogP) is 5.16. The van der Waals surface area contributed by atoms with Crippen molar-refractivity contribution in [1.29, 1.82) is 0 Å². The maximum absolute atomic E-state index is 11.2. The van der Waals surface area contributed by atoms with E-state index in [4.69, 9.17) is 4.99 Å². The van der Waals surface area contributed by atoms with Gasteiger partial charge in [-0.1, -0.05) is 49.6 Å². The lowest BCUT2D eigenvalue weighted by atomic mass is 9.67. The molecule has 4 heteroatoms.